The highest BCUT2D eigenvalue weighted by molar-refractivity contribution is 5.80. The Morgan fingerprint density at radius 2 is 1.96 bits per heavy atom. The number of ether oxygens (including phenoxy) is 2. The molecule has 0 spiro atoms. The molecule has 2 rings (SSSR count). The second-order valence-corrected chi connectivity index (χ2v) is 6.34. The Kier molecular flexibility index (Phi) is 7.10. The molecule has 0 bridgehead atoms. The lowest BCUT2D eigenvalue weighted by molar-refractivity contribution is -0.138. The standard InChI is InChI=1S/C19H27NO5/c1-3-25-16-10-9-14(11-17(16)24-2)15(12-18(21)22)20-19(23)13-7-5-4-6-8-13/h9-11,13,15H,3-8,12H2,1-2H3,(H,20,23)(H,21,22)/t15-/m1/s1. The van der Waals surface area contributed by atoms with Gasteiger partial charge in [0.1, 0.15) is 0 Å². The van der Waals surface area contributed by atoms with Crippen molar-refractivity contribution in [1.82, 2.24) is 5.32 Å². The van der Waals surface area contributed by atoms with Crippen LogP contribution in [0.4, 0.5) is 0 Å². The van der Waals surface area contributed by atoms with Gasteiger partial charge < -0.3 is 19.9 Å². The number of hydrogen-bond donors (Lipinski definition) is 2. The van der Waals surface area contributed by atoms with E-state index in [9.17, 15) is 14.7 Å². The normalized spacial score (nSPS) is 16.1. The number of nitrogens with one attached hydrogen (secondary N) is 1. The third-order valence-corrected chi connectivity index (χ3v) is 4.56. The molecule has 6 nitrogen and oxygen atoms in total. The van der Waals surface area contributed by atoms with Crippen LogP contribution >= 0.6 is 0 Å². The quantitative estimate of drug-likeness (QED) is 0.752. The molecule has 0 saturated heterocycles. The minimum absolute atomic E-state index is 0.0189. The molecule has 0 radical (unpaired) electrons. The van der Waals surface area contributed by atoms with E-state index in [1.54, 1.807) is 18.2 Å². The maximum absolute atomic E-state index is 12.5. The van der Waals surface area contributed by atoms with Gasteiger partial charge in [0, 0.05) is 5.92 Å². The molecule has 1 aromatic rings. The second-order valence-electron chi connectivity index (χ2n) is 6.34. The first kappa shape index (κ1) is 19.1. The van der Waals surface area contributed by atoms with Gasteiger partial charge in [-0.2, -0.15) is 0 Å². The van der Waals surface area contributed by atoms with E-state index in [1.165, 1.54) is 13.5 Å². The first-order valence-corrected chi connectivity index (χ1v) is 8.88. The van der Waals surface area contributed by atoms with Crippen molar-refractivity contribution in [3.63, 3.8) is 0 Å². The molecule has 1 aromatic carbocycles. The molecule has 6 heteroatoms. The van der Waals surface area contributed by atoms with E-state index in [0.717, 1.165) is 25.7 Å². The number of benzene rings is 1. The highest BCUT2D eigenvalue weighted by atomic mass is 16.5. The minimum atomic E-state index is -0.957. The molecule has 0 unspecified atom stereocenters. The Morgan fingerprint density at radius 3 is 2.56 bits per heavy atom. The molecule has 0 aromatic heterocycles. The van der Waals surface area contributed by atoms with Crippen molar-refractivity contribution in [1.29, 1.82) is 0 Å². The van der Waals surface area contributed by atoms with Crippen molar-refractivity contribution in [2.75, 3.05) is 13.7 Å². The second kappa shape index (κ2) is 9.30. The molecule has 1 saturated carbocycles. The van der Waals surface area contributed by atoms with Crippen LogP contribution < -0.4 is 14.8 Å². The Morgan fingerprint density at radius 1 is 1.24 bits per heavy atom. The fraction of sp³-hybridized carbons (Fsp3) is 0.579. The number of hydrogen-bond acceptors (Lipinski definition) is 4. The zero-order valence-electron chi connectivity index (χ0n) is 14.9. The van der Waals surface area contributed by atoms with Gasteiger partial charge in [-0.05, 0) is 37.5 Å². The summed E-state index contributed by atoms with van der Waals surface area (Å²) >= 11 is 0. The maximum Gasteiger partial charge on any atom is 0.305 e. The summed E-state index contributed by atoms with van der Waals surface area (Å²) in [5.41, 5.74) is 0.701. The van der Waals surface area contributed by atoms with E-state index in [2.05, 4.69) is 5.32 Å². The van der Waals surface area contributed by atoms with Gasteiger partial charge in [-0.25, -0.2) is 0 Å². The van der Waals surface area contributed by atoms with E-state index < -0.39 is 12.0 Å². The number of carboxylic acid groups (broad SMARTS) is 1. The molecule has 1 aliphatic rings. The fourth-order valence-electron chi connectivity index (χ4n) is 3.26. The monoisotopic (exact) mass is 349 g/mol. The third kappa shape index (κ3) is 5.37. The lowest BCUT2D eigenvalue weighted by Gasteiger charge is -2.25. The third-order valence-electron chi connectivity index (χ3n) is 4.56. The Bertz CT molecular complexity index is 595. The predicted molar refractivity (Wildman–Crippen MR) is 93.9 cm³/mol. The van der Waals surface area contributed by atoms with Crippen LogP contribution in [0.25, 0.3) is 0 Å². The number of amides is 1. The van der Waals surface area contributed by atoms with E-state index in [4.69, 9.17) is 9.47 Å². The minimum Gasteiger partial charge on any atom is -0.493 e. The number of aliphatic carboxylic acids is 1. The summed E-state index contributed by atoms with van der Waals surface area (Å²) < 4.78 is 10.8. The molecule has 138 valence electrons. The van der Waals surface area contributed by atoms with Crippen LogP contribution in [0.5, 0.6) is 11.5 Å². The number of carbonyl (C=O) groups excluding carboxylic acids is 1. The smallest absolute Gasteiger partial charge is 0.305 e. The largest absolute Gasteiger partial charge is 0.493 e. The molecule has 1 atom stereocenters. The van der Waals surface area contributed by atoms with Gasteiger partial charge in [0.25, 0.3) is 0 Å². The summed E-state index contributed by atoms with van der Waals surface area (Å²) in [5, 5.41) is 12.1. The van der Waals surface area contributed by atoms with Crippen molar-refractivity contribution < 1.29 is 24.2 Å². The summed E-state index contributed by atoms with van der Waals surface area (Å²) in [6.45, 7) is 2.39. The lowest BCUT2D eigenvalue weighted by atomic mass is 9.88. The van der Waals surface area contributed by atoms with Gasteiger partial charge in [-0.1, -0.05) is 25.3 Å². The van der Waals surface area contributed by atoms with Crippen LogP contribution in [-0.2, 0) is 9.59 Å². The molecular formula is C19H27NO5. The molecule has 1 fully saturated rings. The number of methoxy groups -OCH3 is 1. The van der Waals surface area contributed by atoms with E-state index in [-0.39, 0.29) is 18.2 Å². The van der Waals surface area contributed by atoms with E-state index in [1.807, 2.05) is 6.92 Å². The average molecular weight is 349 g/mol. The molecule has 1 amide bonds. The van der Waals surface area contributed by atoms with Crippen LogP contribution in [-0.4, -0.2) is 30.7 Å². The summed E-state index contributed by atoms with van der Waals surface area (Å²) in [6, 6.07) is 4.68. The van der Waals surface area contributed by atoms with Gasteiger partial charge in [0.2, 0.25) is 5.91 Å². The zero-order valence-corrected chi connectivity index (χ0v) is 14.9. The summed E-state index contributed by atoms with van der Waals surface area (Å²) in [7, 11) is 1.54. The Hall–Kier alpha value is -2.24. The Labute approximate surface area is 148 Å². The van der Waals surface area contributed by atoms with E-state index >= 15 is 0 Å². The van der Waals surface area contributed by atoms with Crippen LogP contribution in [0.2, 0.25) is 0 Å². The molecule has 25 heavy (non-hydrogen) atoms. The number of carboxylic acids is 1. The van der Waals surface area contributed by atoms with Crippen molar-refractivity contribution >= 4 is 11.9 Å². The number of rotatable bonds is 8. The van der Waals surface area contributed by atoms with Crippen molar-refractivity contribution in [3.8, 4) is 11.5 Å². The van der Waals surface area contributed by atoms with Gasteiger partial charge >= 0.3 is 5.97 Å². The van der Waals surface area contributed by atoms with Crippen molar-refractivity contribution in [2.24, 2.45) is 5.92 Å². The first-order valence-electron chi connectivity index (χ1n) is 8.88. The summed E-state index contributed by atoms with van der Waals surface area (Å²) in [6.07, 6.45) is 4.85. The highest BCUT2D eigenvalue weighted by Crippen LogP contribution is 2.32. The summed E-state index contributed by atoms with van der Waals surface area (Å²) in [5.74, 6) is 0.0957. The average Bonchev–Trinajstić information content (AvgIpc) is 2.62. The molecule has 0 aliphatic heterocycles. The highest BCUT2D eigenvalue weighted by Gasteiger charge is 2.25. The molecule has 2 N–H and O–H groups in total. The fourth-order valence-corrected chi connectivity index (χ4v) is 3.26. The van der Waals surface area contributed by atoms with Crippen LogP contribution in [0.15, 0.2) is 18.2 Å². The topological polar surface area (TPSA) is 84.9 Å². The summed E-state index contributed by atoms with van der Waals surface area (Å²) in [4.78, 5) is 23.8. The van der Waals surface area contributed by atoms with Gasteiger partial charge in [0.15, 0.2) is 11.5 Å². The molecule has 1 aliphatic carbocycles. The van der Waals surface area contributed by atoms with Gasteiger partial charge in [-0.3, -0.25) is 9.59 Å². The van der Waals surface area contributed by atoms with Gasteiger partial charge in [0.05, 0.1) is 26.2 Å². The van der Waals surface area contributed by atoms with Crippen LogP contribution in [0, 0.1) is 5.92 Å². The number of carbonyl (C=O) groups is 2. The zero-order chi connectivity index (χ0) is 18.2. The molecule has 0 heterocycles. The Balaban J connectivity index is 2.18. The van der Waals surface area contributed by atoms with Crippen LogP contribution in [0.3, 0.4) is 0 Å². The SMILES string of the molecule is CCOc1ccc([C@@H](CC(=O)O)NC(=O)C2CCCCC2)cc1OC. The molecular weight excluding hydrogens is 322 g/mol. The lowest BCUT2D eigenvalue weighted by Crippen LogP contribution is -2.36. The van der Waals surface area contributed by atoms with Gasteiger partial charge in [-0.15, -0.1) is 0 Å². The van der Waals surface area contributed by atoms with Crippen molar-refractivity contribution in [2.45, 2.75) is 51.5 Å². The van der Waals surface area contributed by atoms with Crippen molar-refractivity contribution in [3.05, 3.63) is 23.8 Å². The first-order chi connectivity index (χ1) is 12.0. The predicted octanol–water partition coefficient (Wildman–Crippen LogP) is 3.31. The van der Waals surface area contributed by atoms with E-state index in [0.29, 0.717) is 23.7 Å². The maximum atomic E-state index is 12.5. The van der Waals surface area contributed by atoms with Crippen LogP contribution in [0.1, 0.15) is 57.1 Å².